The van der Waals surface area contributed by atoms with Gasteiger partial charge in [0, 0.05) is 19.6 Å². The van der Waals surface area contributed by atoms with Gasteiger partial charge in [0.25, 0.3) is 0 Å². The fourth-order valence-corrected chi connectivity index (χ4v) is 2.70. The Morgan fingerprint density at radius 3 is 2.76 bits per heavy atom. The highest BCUT2D eigenvalue weighted by molar-refractivity contribution is 5.87. The second-order valence-corrected chi connectivity index (χ2v) is 6.32. The highest BCUT2D eigenvalue weighted by Gasteiger charge is 2.33. The van der Waals surface area contributed by atoms with Crippen molar-refractivity contribution in [2.75, 3.05) is 26.2 Å². The lowest BCUT2D eigenvalue weighted by atomic mass is 10.1. The zero-order chi connectivity index (χ0) is 18.2. The van der Waals surface area contributed by atoms with Gasteiger partial charge < -0.3 is 19.9 Å². The number of hydrogen-bond donors (Lipinski definition) is 2. The Kier molecular flexibility index (Phi) is 7.21. The number of piperazine rings is 1. The van der Waals surface area contributed by atoms with Crippen LogP contribution in [0.1, 0.15) is 20.3 Å². The van der Waals surface area contributed by atoms with Gasteiger partial charge >= 0.3 is 5.97 Å². The number of esters is 1. The first kappa shape index (κ1) is 19.2. The van der Waals surface area contributed by atoms with Gasteiger partial charge in [0.2, 0.25) is 5.91 Å². The molecule has 0 bridgehead atoms. The van der Waals surface area contributed by atoms with Crippen LogP contribution in [0.5, 0.6) is 5.75 Å². The zero-order valence-electron chi connectivity index (χ0n) is 14.7. The number of hydrogen-bond acceptors (Lipinski definition) is 6. The summed E-state index contributed by atoms with van der Waals surface area (Å²) in [5.41, 5.74) is 0. The van der Waals surface area contributed by atoms with Gasteiger partial charge in [-0.25, -0.2) is 0 Å². The average Bonchev–Trinajstić information content (AvgIpc) is 2.56. The molecule has 1 fully saturated rings. The third-order valence-corrected chi connectivity index (χ3v) is 3.80. The van der Waals surface area contributed by atoms with E-state index in [2.05, 4.69) is 5.32 Å². The first-order chi connectivity index (χ1) is 12.0. The van der Waals surface area contributed by atoms with Crippen molar-refractivity contribution in [2.45, 2.75) is 38.5 Å². The molecule has 0 aliphatic carbocycles. The van der Waals surface area contributed by atoms with Crippen LogP contribution in [0, 0.1) is 0 Å². The molecule has 1 heterocycles. The van der Waals surface area contributed by atoms with Crippen molar-refractivity contribution in [1.82, 2.24) is 10.2 Å². The number of nitrogens with zero attached hydrogens (tertiary/aromatic N) is 1. The third kappa shape index (κ3) is 6.36. The zero-order valence-corrected chi connectivity index (χ0v) is 14.7. The highest BCUT2D eigenvalue weighted by atomic mass is 16.5. The number of carbonyl (C=O) groups is 2. The molecule has 0 radical (unpaired) electrons. The number of rotatable bonds is 8. The van der Waals surface area contributed by atoms with Gasteiger partial charge in [0.05, 0.1) is 18.6 Å². The van der Waals surface area contributed by atoms with E-state index in [9.17, 15) is 14.7 Å². The minimum Gasteiger partial charge on any atom is -0.491 e. The molecular formula is C18H26N2O5. The molecule has 2 rings (SSSR count). The number of nitrogens with one attached hydrogen (secondary N) is 1. The predicted octanol–water partition coefficient (Wildman–Crippen LogP) is 0.568. The van der Waals surface area contributed by atoms with Crippen LogP contribution in [-0.2, 0) is 14.3 Å². The van der Waals surface area contributed by atoms with Gasteiger partial charge in [-0.2, -0.15) is 0 Å². The molecule has 2 unspecified atom stereocenters. The van der Waals surface area contributed by atoms with Crippen LogP contribution in [0.3, 0.4) is 0 Å². The third-order valence-electron chi connectivity index (χ3n) is 3.80. The van der Waals surface area contributed by atoms with E-state index in [0.717, 1.165) is 0 Å². The van der Waals surface area contributed by atoms with Gasteiger partial charge in [-0.15, -0.1) is 0 Å². The summed E-state index contributed by atoms with van der Waals surface area (Å²) in [7, 11) is 0. The van der Waals surface area contributed by atoms with Crippen LogP contribution in [0.2, 0.25) is 0 Å². The van der Waals surface area contributed by atoms with Crippen LogP contribution < -0.4 is 10.1 Å². The largest absolute Gasteiger partial charge is 0.491 e. The van der Waals surface area contributed by atoms with Gasteiger partial charge in [-0.3, -0.25) is 14.5 Å². The monoisotopic (exact) mass is 350 g/mol. The fraction of sp³-hybridized carbons (Fsp3) is 0.556. The molecule has 0 saturated carbocycles. The van der Waals surface area contributed by atoms with Crippen molar-refractivity contribution in [3.63, 3.8) is 0 Å². The molecular weight excluding hydrogens is 324 g/mol. The molecule has 7 nitrogen and oxygen atoms in total. The Balaban J connectivity index is 1.88. The number of β-amino-alcohol motifs (C(OH)–C–C–N with tert-alkyl or cyclic N) is 1. The molecule has 7 heteroatoms. The number of carbonyl (C=O) groups excluding carboxylic acids is 2. The number of benzene rings is 1. The number of para-hydroxylation sites is 1. The quantitative estimate of drug-likeness (QED) is 0.667. The van der Waals surface area contributed by atoms with Crippen molar-refractivity contribution in [2.24, 2.45) is 0 Å². The van der Waals surface area contributed by atoms with E-state index in [1.54, 1.807) is 18.7 Å². The minimum atomic E-state index is -0.769. The predicted molar refractivity (Wildman–Crippen MR) is 92.2 cm³/mol. The van der Waals surface area contributed by atoms with Crippen molar-refractivity contribution < 1.29 is 24.2 Å². The summed E-state index contributed by atoms with van der Waals surface area (Å²) in [4.78, 5) is 25.8. The Morgan fingerprint density at radius 2 is 2.08 bits per heavy atom. The van der Waals surface area contributed by atoms with Crippen molar-refractivity contribution in [1.29, 1.82) is 0 Å². The second kappa shape index (κ2) is 9.39. The molecule has 1 aliphatic heterocycles. The summed E-state index contributed by atoms with van der Waals surface area (Å²) in [5, 5.41) is 13.0. The van der Waals surface area contributed by atoms with E-state index in [-0.39, 0.29) is 31.6 Å². The van der Waals surface area contributed by atoms with Crippen LogP contribution in [0.15, 0.2) is 30.3 Å². The maximum atomic E-state index is 12.1. The molecule has 1 amide bonds. The summed E-state index contributed by atoms with van der Waals surface area (Å²) < 4.78 is 10.7. The number of aliphatic hydroxyl groups excluding tert-OH is 1. The van der Waals surface area contributed by atoms with E-state index >= 15 is 0 Å². The summed E-state index contributed by atoms with van der Waals surface area (Å²) in [6.45, 7) is 4.95. The lowest BCUT2D eigenvalue weighted by Gasteiger charge is -2.35. The Bertz CT molecular complexity index is 564. The highest BCUT2D eigenvalue weighted by Crippen LogP contribution is 2.13. The molecule has 138 valence electrons. The Morgan fingerprint density at radius 1 is 1.36 bits per heavy atom. The van der Waals surface area contributed by atoms with Gasteiger partial charge in [-0.1, -0.05) is 18.2 Å². The average molecular weight is 350 g/mol. The summed E-state index contributed by atoms with van der Waals surface area (Å²) in [5.74, 6) is 0.0372. The smallest absolute Gasteiger partial charge is 0.308 e. The first-order valence-electron chi connectivity index (χ1n) is 8.53. The number of aliphatic hydroxyl groups is 1. The van der Waals surface area contributed by atoms with E-state index in [1.807, 2.05) is 30.3 Å². The van der Waals surface area contributed by atoms with Gasteiger partial charge in [-0.05, 0) is 26.0 Å². The van der Waals surface area contributed by atoms with Crippen LogP contribution in [-0.4, -0.2) is 66.4 Å². The first-order valence-corrected chi connectivity index (χ1v) is 8.53. The van der Waals surface area contributed by atoms with Crippen LogP contribution in [0.4, 0.5) is 0 Å². The van der Waals surface area contributed by atoms with Crippen LogP contribution in [0.25, 0.3) is 0 Å². The number of amides is 1. The van der Waals surface area contributed by atoms with E-state index in [4.69, 9.17) is 9.47 Å². The normalized spacial score (nSPS) is 19.4. The van der Waals surface area contributed by atoms with Crippen molar-refractivity contribution >= 4 is 11.9 Å². The lowest BCUT2D eigenvalue weighted by Crippen LogP contribution is -2.57. The lowest BCUT2D eigenvalue weighted by molar-refractivity contribution is -0.152. The van der Waals surface area contributed by atoms with E-state index < -0.39 is 18.1 Å². The SMILES string of the molecule is CC(C)OC(=O)CC1C(=O)NCCN1CC(O)COc1ccccc1. The standard InChI is InChI=1S/C18H26N2O5/c1-13(2)25-17(22)10-16-18(23)19-8-9-20(16)11-14(21)12-24-15-6-4-3-5-7-15/h3-7,13-14,16,21H,8-12H2,1-2H3,(H,19,23). The fourth-order valence-electron chi connectivity index (χ4n) is 2.70. The maximum absolute atomic E-state index is 12.1. The van der Waals surface area contributed by atoms with Crippen molar-refractivity contribution in [3.8, 4) is 5.75 Å². The summed E-state index contributed by atoms with van der Waals surface area (Å²) in [6.07, 6.45) is -1.02. The molecule has 1 saturated heterocycles. The molecule has 1 aliphatic rings. The Labute approximate surface area is 147 Å². The van der Waals surface area contributed by atoms with Gasteiger partial charge in [0.15, 0.2) is 0 Å². The maximum Gasteiger partial charge on any atom is 0.308 e. The molecule has 0 spiro atoms. The van der Waals surface area contributed by atoms with Gasteiger partial charge in [0.1, 0.15) is 18.5 Å². The van der Waals surface area contributed by atoms with E-state index in [1.165, 1.54) is 0 Å². The van der Waals surface area contributed by atoms with E-state index in [0.29, 0.717) is 18.8 Å². The van der Waals surface area contributed by atoms with Crippen molar-refractivity contribution in [3.05, 3.63) is 30.3 Å². The second-order valence-electron chi connectivity index (χ2n) is 6.32. The summed E-state index contributed by atoms with van der Waals surface area (Å²) >= 11 is 0. The molecule has 2 N–H and O–H groups in total. The van der Waals surface area contributed by atoms with Crippen LogP contribution >= 0.6 is 0 Å². The molecule has 2 atom stereocenters. The number of ether oxygens (including phenoxy) is 2. The molecule has 25 heavy (non-hydrogen) atoms. The Hall–Kier alpha value is -2.12. The minimum absolute atomic E-state index is 0.0315. The topological polar surface area (TPSA) is 88.1 Å². The molecule has 0 aromatic heterocycles. The molecule has 1 aromatic carbocycles. The summed E-state index contributed by atoms with van der Waals surface area (Å²) in [6, 6.07) is 8.58. The molecule has 1 aromatic rings.